The Morgan fingerprint density at radius 1 is 1.19 bits per heavy atom. The molecule has 6 heteroatoms. The van der Waals surface area contributed by atoms with Gasteiger partial charge in [-0.25, -0.2) is 9.37 Å². The average molecular weight is 290 g/mol. The number of nitrogens with one attached hydrogen (secondary N) is 2. The molecule has 0 aliphatic carbocycles. The summed E-state index contributed by atoms with van der Waals surface area (Å²) in [6.07, 6.45) is 0. The second-order valence-electron chi connectivity index (χ2n) is 4.58. The van der Waals surface area contributed by atoms with Gasteiger partial charge >= 0.3 is 0 Å². The molecule has 1 aromatic heterocycles. The van der Waals surface area contributed by atoms with E-state index in [1.807, 2.05) is 19.1 Å². The van der Waals surface area contributed by atoms with Crippen LogP contribution < -0.4 is 10.6 Å². The highest BCUT2D eigenvalue weighted by molar-refractivity contribution is 5.42. The molecule has 0 bridgehead atoms. The predicted octanol–water partition coefficient (Wildman–Crippen LogP) is 2.59. The summed E-state index contributed by atoms with van der Waals surface area (Å²) in [4.78, 5) is 8.63. The summed E-state index contributed by atoms with van der Waals surface area (Å²) < 4.78 is 18.5. The fraction of sp³-hybridized carbons (Fsp3) is 0.333. The molecule has 0 spiro atoms. The Morgan fingerprint density at radius 2 is 2.00 bits per heavy atom. The number of ether oxygens (including phenoxy) is 1. The summed E-state index contributed by atoms with van der Waals surface area (Å²) in [6, 6.07) is 8.49. The van der Waals surface area contributed by atoms with Gasteiger partial charge in [0.1, 0.15) is 11.6 Å². The van der Waals surface area contributed by atoms with E-state index in [1.165, 1.54) is 6.07 Å². The van der Waals surface area contributed by atoms with Crippen LogP contribution in [0.5, 0.6) is 0 Å². The van der Waals surface area contributed by atoms with Gasteiger partial charge in [-0.3, -0.25) is 0 Å². The highest BCUT2D eigenvalue weighted by Crippen LogP contribution is 2.12. The lowest BCUT2D eigenvalue weighted by molar-refractivity contribution is 0.210. The zero-order chi connectivity index (χ0) is 15.1. The first-order chi connectivity index (χ1) is 10.2. The van der Waals surface area contributed by atoms with Crippen LogP contribution in [0.4, 0.5) is 16.2 Å². The monoisotopic (exact) mass is 290 g/mol. The number of methoxy groups -OCH3 is 1. The Labute approximate surface area is 123 Å². The Kier molecular flexibility index (Phi) is 5.45. The summed E-state index contributed by atoms with van der Waals surface area (Å²) in [7, 11) is 1.64. The van der Waals surface area contributed by atoms with Crippen molar-refractivity contribution in [3.8, 4) is 0 Å². The van der Waals surface area contributed by atoms with E-state index in [0.29, 0.717) is 37.0 Å². The third-order valence-electron chi connectivity index (χ3n) is 2.86. The molecule has 0 aliphatic rings. The standard InChI is InChI=1S/C15H19FN4O/c1-11-9-14(20-15(19-11)17-7-8-21-2)18-10-12-5-3-4-6-13(12)16/h3-6,9H,7-8,10H2,1-2H3,(H2,17,18,19,20). The smallest absolute Gasteiger partial charge is 0.224 e. The van der Waals surface area contributed by atoms with Crippen molar-refractivity contribution in [2.45, 2.75) is 13.5 Å². The minimum absolute atomic E-state index is 0.228. The second-order valence-corrected chi connectivity index (χ2v) is 4.58. The van der Waals surface area contributed by atoms with Gasteiger partial charge < -0.3 is 15.4 Å². The minimum atomic E-state index is -0.228. The number of hydrogen-bond acceptors (Lipinski definition) is 5. The maximum absolute atomic E-state index is 13.6. The molecule has 0 atom stereocenters. The molecular weight excluding hydrogens is 271 g/mol. The zero-order valence-corrected chi connectivity index (χ0v) is 12.2. The number of hydrogen-bond donors (Lipinski definition) is 2. The number of anilines is 2. The van der Waals surface area contributed by atoms with Crippen LogP contribution in [-0.2, 0) is 11.3 Å². The van der Waals surface area contributed by atoms with Gasteiger partial charge in [0.2, 0.25) is 5.95 Å². The normalized spacial score (nSPS) is 10.4. The highest BCUT2D eigenvalue weighted by Gasteiger charge is 2.04. The first kappa shape index (κ1) is 15.2. The van der Waals surface area contributed by atoms with E-state index in [0.717, 1.165) is 5.69 Å². The van der Waals surface area contributed by atoms with E-state index >= 15 is 0 Å². The summed E-state index contributed by atoms with van der Waals surface area (Å²) in [5.74, 6) is 0.961. The number of aryl methyl sites for hydroxylation is 1. The van der Waals surface area contributed by atoms with Gasteiger partial charge in [0.25, 0.3) is 0 Å². The van der Waals surface area contributed by atoms with Crippen molar-refractivity contribution < 1.29 is 9.13 Å². The van der Waals surface area contributed by atoms with E-state index in [2.05, 4.69) is 20.6 Å². The third kappa shape index (κ3) is 4.68. The first-order valence-corrected chi connectivity index (χ1v) is 6.75. The maximum Gasteiger partial charge on any atom is 0.224 e. The molecule has 0 saturated carbocycles. The van der Waals surface area contributed by atoms with Crippen LogP contribution in [0.25, 0.3) is 0 Å². The van der Waals surface area contributed by atoms with Crippen LogP contribution in [-0.4, -0.2) is 30.2 Å². The molecule has 2 rings (SSSR count). The molecule has 2 aromatic rings. The lowest BCUT2D eigenvalue weighted by Gasteiger charge is -2.10. The van der Waals surface area contributed by atoms with E-state index in [9.17, 15) is 4.39 Å². The largest absolute Gasteiger partial charge is 0.383 e. The Bertz CT molecular complexity index is 592. The lowest BCUT2D eigenvalue weighted by Crippen LogP contribution is -2.12. The number of nitrogens with zero attached hydrogens (tertiary/aromatic N) is 2. The van der Waals surface area contributed by atoms with Crippen LogP contribution in [0.15, 0.2) is 30.3 Å². The van der Waals surface area contributed by atoms with Crippen LogP contribution in [0.1, 0.15) is 11.3 Å². The number of halogens is 1. The van der Waals surface area contributed by atoms with Crippen molar-refractivity contribution in [2.75, 3.05) is 30.9 Å². The van der Waals surface area contributed by atoms with Crippen molar-refractivity contribution in [3.05, 3.63) is 47.4 Å². The van der Waals surface area contributed by atoms with E-state index in [-0.39, 0.29) is 5.82 Å². The number of benzene rings is 1. The summed E-state index contributed by atoms with van der Waals surface area (Å²) in [5, 5.41) is 6.19. The fourth-order valence-corrected chi connectivity index (χ4v) is 1.83. The summed E-state index contributed by atoms with van der Waals surface area (Å²) in [5.41, 5.74) is 1.43. The van der Waals surface area contributed by atoms with Crippen molar-refractivity contribution in [1.29, 1.82) is 0 Å². The second kappa shape index (κ2) is 7.54. The van der Waals surface area contributed by atoms with Crippen molar-refractivity contribution >= 4 is 11.8 Å². The molecule has 1 aromatic carbocycles. The van der Waals surface area contributed by atoms with Gasteiger partial charge in [-0.15, -0.1) is 0 Å². The summed E-state index contributed by atoms with van der Waals surface area (Å²) >= 11 is 0. The molecule has 0 saturated heterocycles. The molecule has 21 heavy (non-hydrogen) atoms. The third-order valence-corrected chi connectivity index (χ3v) is 2.86. The Morgan fingerprint density at radius 3 is 2.76 bits per heavy atom. The van der Waals surface area contributed by atoms with Crippen molar-refractivity contribution in [3.63, 3.8) is 0 Å². The number of aromatic nitrogens is 2. The van der Waals surface area contributed by atoms with Gasteiger partial charge in [-0.2, -0.15) is 4.98 Å². The highest BCUT2D eigenvalue weighted by atomic mass is 19.1. The molecule has 0 aliphatic heterocycles. The lowest BCUT2D eigenvalue weighted by atomic mass is 10.2. The fourth-order valence-electron chi connectivity index (χ4n) is 1.83. The quantitative estimate of drug-likeness (QED) is 0.768. The van der Waals surface area contributed by atoms with Crippen molar-refractivity contribution in [1.82, 2.24) is 9.97 Å². The molecule has 0 radical (unpaired) electrons. The van der Waals surface area contributed by atoms with Gasteiger partial charge in [0, 0.05) is 37.5 Å². The number of rotatable bonds is 7. The molecule has 0 amide bonds. The molecule has 0 fully saturated rings. The van der Waals surface area contributed by atoms with Gasteiger partial charge in [-0.1, -0.05) is 18.2 Å². The molecule has 0 unspecified atom stereocenters. The van der Waals surface area contributed by atoms with Crippen molar-refractivity contribution in [2.24, 2.45) is 0 Å². The Balaban J connectivity index is 2.01. The van der Waals surface area contributed by atoms with Crippen LogP contribution in [0.2, 0.25) is 0 Å². The van der Waals surface area contributed by atoms with E-state index < -0.39 is 0 Å². The molecule has 1 heterocycles. The van der Waals surface area contributed by atoms with Gasteiger partial charge in [0.05, 0.1) is 6.61 Å². The molecule has 2 N–H and O–H groups in total. The van der Waals surface area contributed by atoms with E-state index in [4.69, 9.17) is 4.74 Å². The average Bonchev–Trinajstić information content (AvgIpc) is 2.46. The Hall–Kier alpha value is -2.21. The molecule has 5 nitrogen and oxygen atoms in total. The van der Waals surface area contributed by atoms with Gasteiger partial charge in [0.15, 0.2) is 0 Å². The van der Waals surface area contributed by atoms with Crippen LogP contribution >= 0.6 is 0 Å². The zero-order valence-electron chi connectivity index (χ0n) is 12.2. The molecule has 112 valence electrons. The van der Waals surface area contributed by atoms with Crippen LogP contribution in [0, 0.1) is 12.7 Å². The first-order valence-electron chi connectivity index (χ1n) is 6.75. The summed E-state index contributed by atoms with van der Waals surface area (Å²) in [6.45, 7) is 3.47. The van der Waals surface area contributed by atoms with Gasteiger partial charge in [-0.05, 0) is 13.0 Å². The minimum Gasteiger partial charge on any atom is -0.383 e. The molecular formula is C15H19FN4O. The topological polar surface area (TPSA) is 59.1 Å². The SMILES string of the molecule is COCCNc1nc(C)cc(NCc2ccccc2F)n1. The predicted molar refractivity (Wildman–Crippen MR) is 80.9 cm³/mol. The maximum atomic E-state index is 13.6. The van der Waals surface area contributed by atoms with E-state index in [1.54, 1.807) is 19.2 Å². The van der Waals surface area contributed by atoms with Crippen LogP contribution in [0.3, 0.4) is 0 Å².